The first-order chi connectivity index (χ1) is 10.0. The molecule has 0 radical (unpaired) electrons. The lowest BCUT2D eigenvalue weighted by Gasteiger charge is -2.28. The minimum atomic E-state index is -1.12. The highest BCUT2D eigenvalue weighted by atomic mass is 19.2. The second-order valence-corrected chi connectivity index (χ2v) is 5.70. The fourth-order valence-corrected chi connectivity index (χ4v) is 3.75. The van der Waals surface area contributed by atoms with Crippen LogP contribution in [0.5, 0.6) is 0 Å². The van der Waals surface area contributed by atoms with Gasteiger partial charge in [0.25, 0.3) is 5.69 Å². The molecule has 114 valence electrons. The number of nitrogens with one attached hydrogen (secondary N) is 1. The molecule has 1 aromatic rings. The van der Waals surface area contributed by atoms with Gasteiger partial charge in [0, 0.05) is 31.7 Å². The van der Waals surface area contributed by atoms with Crippen LogP contribution in [0.15, 0.2) is 12.1 Å². The van der Waals surface area contributed by atoms with Crippen molar-refractivity contribution in [2.75, 3.05) is 24.5 Å². The first kappa shape index (κ1) is 14.2. The van der Waals surface area contributed by atoms with E-state index in [-0.39, 0.29) is 17.4 Å². The van der Waals surface area contributed by atoms with Crippen LogP contribution in [0.3, 0.4) is 0 Å². The Morgan fingerprint density at radius 2 is 2.19 bits per heavy atom. The van der Waals surface area contributed by atoms with Gasteiger partial charge in [-0.1, -0.05) is 6.92 Å². The molecule has 0 aliphatic carbocycles. The molecule has 7 heteroatoms. The Morgan fingerprint density at radius 3 is 2.86 bits per heavy atom. The van der Waals surface area contributed by atoms with Crippen molar-refractivity contribution in [3.63, 3.8) is 0 Å². The zero-order chi connectivity index (χ0) is 15.1. The third-order valence-electron chi connectivity index (χ3n) is 4.67. The average Bonchev–Trinajstić information content (AvgIpc) is 3.01. The molecule has 1 N–H and O–H groups in total. The van der Waals surface area contributed by atoms with Crippen molar-refractivity contribution in [1.29, 1.82) is 0 Å². The van der Waals surface area contributed by atoms with Crippen LogP contribution in [0.2, 0.25) is 0 Å². The number of benzene rings is 1. The minimum absolute atomic E-state index is 0. The molecule has 2 aliphatic rings. The summed E-state index contributed by atoms with van der Waals surface area (Å²) in [5.41, 5.74) is -0.554. The lowest BCUT2D eigenvalue weighted by molar-refractivity contribution is -0.384. The van der Waals surface area contributed by atoms with Crippen molar-refractivity contribution >= 4 is 11.4 Å². The van der Waals surface area contributed by atoms with Gasteiger partial charge in [-0.3, -0.25) is 10.1 Å². The van der Waals surface area contributed by atoms with Crippen molar-refractivity contribution < 1.29 is 13.7 Å². The molecule has 3 rings (SSSR count). The molecule has 0 amide bonds. The zero-order valence-corrected chi connectivity index (χ0v) is 11.7. The summed E-state index contributed by atoms with van der Waals surface area (Å²) >= 11 is 0. The van der Waals surface area contributed by atoms with Crippen molar-refractivity contribution in [2.24, 2.45) is 11.8 Å². The van der Waals surface area contributed by atoms with Crippen molar-refractivity contribution in [3.05, 3.63) is 33.9 Å². The van der Waals surface area contributed by atoms with Crippen LogP contribution >= 0.6 is 0 Å². The molecule has 0 aromatic heterocycles. The maximum atomic E-state index is 14.2. The van der Waals surface area contributed by atoms with Gasteiger partial charge in [-0.05, 0) is 24.3 Å². The van der Waals surface area contributed by atoms with E-state index in [1.807, 2.05) is 6.92 Å². The monoisotopic (exact) mass is 297 g/mol. The van der Waals surface area contributed by atoms with Gasteiger partial charge < -0.3 is 10.2 Å². The number of halogens is 2. The van der Waals surface area contributed by atoms with E-state index >= 15 is 0 Å². The smallest absolute Gasteiger partial charge is 0.295 e. The van der Waals surface area contributed by atoms with Gasteiger partial charge in [-0.25, -0.2) is 8.78 Å². The summed E-state index contributed by atoms with van der Waals surface area (Å²) in [5, 5.41) is 14.5. The van der Waals surface area contributed by atoms with Crippen molar-refractivity contribution in [3.8, 4) is 0 Å². The van der Waals surface area contributed by atoms with E-state index in [0.29, 0.717) is 18.4 Å². The van der Waals surface area contributed by atoms with Crippen LogP contribution in [-0.2, 0) is 0 Å². The maximum absolute atomic E-state index is 14.2. The van der Waals surface area contributed by atoms with E-state index in [0.717, 1.165) is 31.6 Å². The first-order valence-electron chi connectivity index (χ1n) is 7.14. The lowest BCUT2D eigenvalue weighted by atomic mass is 9.93. The molecule has 5 nitrogen and oxygen atoms in total. The molecule has 1 aromatic carbocycles. The number of nitro groups is 1. The molecule has 2 fully saturated rings. The second kappa shape index (κ2) is 5.22. The molecule has 0 saturated carbocycles. The summed E-state index contributed by atoms with van der Waals surface area (Å²) in [6, 6.07) is 1.86. The molecule has 2 heterocycles. The highest BCUT2D eigenvalue weighted by molar-refractivity contribution is 5.65. The van der Waals surface area contributed by atoms with Gasteiger partial charge in [0.1, 0.15) is 0 Å². The van der Waals surface area contributed by atoms with E-state index in [4.69, 9.17) is 0 Å². The number of hydrogen-bond donors (Lipinski definition) is 1. The van der Waals surface area contributed by atoms with Crippen LogP contribution in [0.25, 0.3) is 0 Å². The third-order valence-corrected chi connectivity index (χ3v) is 4.67. The molecule has 3 unspecified atom stereocenters. The van der Waals surface area contributed by atoms with Crippen LogP contribution in [0, 0.1) is 33.6 Å². The second-order valence-electron chi connectivity index (χ2n) is 5.70. The van der Waals surface area contributed by atoms with Crippen molar-refractivity contribution in [2.45, 2.75) is 19.4 Å². The largest absolute Gasteiger partial charge is 0.360 e. The number of hydrogen-bond acceptors (Lipinski definition) is 4. The third kappa shape index (κ3) is 2.16. The minimum Gasteiger partial charge on any atom is -0.360 e. The lowest BCUT2D eigenvalue weighted by Crippen LogP contribution is -2.36. The number of rotatable bonds is 3. The molecule has 0 bridgehead atoms. The molecule has 2 aliphatic heterocycles. The van der Waals surface area contributed by atoms with E-state index in [2.05, 4.69) is 5.32 Å². The SMILES string of the molecule is CCC1C2CNCC2CN1c1c([N+](=O)[O-])ccc(F)c1F. The molecule has 0 spiro atoms. The molecular formula is C14H17F2N3O2. The number of fused-ring (bicyclic) bond motifs is 1. The fourth-order valence-electron chi connectivity index (χ4n) is 3.75. The molecule has 21 heavy (non-hydrogen) atoms. The summed E-state index contributed by atoms with van der Waals surface area (Å²) < 4.78 is 27.8. The zero-order valence-electron chi connectivity index (χ0n) is 11.7. The highest BCUT2D eigenvalue weighted by Crippen LogP contribution is 2.42. The summed E-state index contributed by atoms with van der Waals surface area (Å²) in [6.07, 6.45) is 0.746. The Hall–Kier alpha value is -1.76. The van der Waals surface area contributed by atoms with E-state index < -0.39 is 16.6 Å². The fraction of sp³-hybridized carbons (Fsp3) is 0.571. The number of nitrogens with zero attached hydrogens (tertiary/aromatic N) is 2. The van der Waals surface area contributed by atoms with Crippen LogP contribution in [0.4, 0.5) is 20.2 Å². The predicted molar refractivity (Wildman–Crippen MR) is 74.3 cm³/mol. The van der Waals surface area contributed by atoms with E-state index in [1.165, 1.54) is 0 Å². The van der Waals surface area contributed by atoms with Gasteiger partial charge in [0.2, 0.25) is 0 Å². The standard InChI is InChI=1S/C14H17F2N3O2/c1-2-11-9-6-17-5-8(9)7-18(11)14-12(19(20)21)4-3-10(15)13(14)16/h3-4,8-9,11,17H,2,5-7H2,1H3. The molecule has 3 atom stereocenters. The van der Waals surface area contributed by atoms with E-state index in [1.54, 1.807) is 4.90 Å². The summed E-state index contributed by atoms with van der Waals surface area (Å²) in [6.45, 7) is 4.14. The van der Waals surface area contributed by atoms with Crippen LogP contribution in [0.1, 0.15) is 13.3 Å². The van der Waals surface area contributed by atoms with E-state index in [9.17, 15) is 18.9 Å². The van der Waals surface area contributed by atoms with Crippen molar-refractivity contribution in [1.82, 2.24) is 5.32 Å². The average molecular weight is 297 g/mol. The van der Waals surface area contributed by atoms with Gasteiger partial charge in [0.05, 0.1) is 4.92 Å². The highest BCUT2D eigenvalue weighted by Gasteiger charge is 2.46. The first-order valence-corrected chi connectivity index (χ1v) is 7.14. The van der Waals surface area contributed by atoms with Gasteiger partial charge in [0.15, 0.2) is 17.3 Å². The van der Waals surface area contributed by atoms with Crippen LogP contribution in [-0.4, -0.2) is 30.6 Å². The normalized spacial score (nSPS) is 28.0. The molecular weight excluding hydrogens is 280 g/mol. The Morgan fingerprint density at radius 1 is 1.43 bits per heavy atom. The van der Waals surface area contributed by atoms with Gasteiger partial charge >= 0.3 is 0 Å². The topological polar surface area (TPSA) is 58.4 Å². The quantitative estimate of drug-likeness (QED) is 0.687. The summed E-state index contributed by atoms with van der Waals surface area (Å²) in [4.78, 5) is 12.2. The Bertz CT molecular complexity index is 582. The van der Waals surface area contributed by atoms with Gasteiger partial charge in [-0.15, -0.1) is 0 Å². The summed E-state index contributed by atoms with van der Waals surface area (Å²) in [7, 11) is 0. The van der Waals surface area contributed by atoms with Crippen LogP contribution < -0.4 is 10.2 Å². The Kier molecular flexibility index (Phi) is 3.52. The van der Waals surface area contributed by atoms with Gasteiger partial charge in [-0.2, -0.15) is 0 Å². The Balaban J connectivity index is 2.07. The Labute approximate surface area is 121 Å². The summed E-state index contributed by atoms with van der Waals surface area (Å²) in [5.74, 6) is -1.49. The number of nitro benzene ring substituents is 1. The predicted octanol–water partition coefficient (Wildman–Crippen LogP) is 2.31. The molecule has 2 saturated heterocycles. The maximum Gasteiger partial charge on any atom is 0.295 e. The number of anilines is 1.